The van der Waals surface area contributed by atoms with Crippen LogP contribution < -0.4 is 10.1 Å². The summed E-state index contributed by atoms with van der Waals surface area (Å²) in [6, 6.07) is 4.24. The van der Waals surface area contributed by atoms with Gasteiger partial charge in [0.2, 0.25) is 0 Å². The summed E-state index contributed by atoms with van der Waals surface area (Å²) >= 11 is 5.86. The van der Waals surface area contributed by atoms with E-state index in [0.717, 1.165) is 0 Å². The number of alkyl halides is 3. The second-order valence-corrected chi connectivity index (χ2v) is 5.77. The van der Waals surface area contributed by atoms with Crippen LogP contribution in [0.1, 0.15) is 29.6 Å². The van der Waals surface area contributed by atoms with Gasteiger partial charge >= 0.3 is 6.18 Å². The van der Waals surface area contributed by atoms with Crippen LogP contribution in [0.3, 0.4) is 0 Å². The lowest BCUT2D eigenvalue weighted by molar-refractivity contribution is -0.136. The Labute approximate surface area is 147 Å². The summed E-state index contributed by atoms with van der Waals surface area (Å²) in [7, 11) is 0. The normalized spacial score (nSPS) is 14.2. The highest BCUT2D eigenvalue weighted by Gasteiger charge is 2.26. The summed E-state index contributed by atoms with van der Waals surface area (Å²) in [4.78, 5) is 23.7. The molecule has 25 heavy (non-hydrogen) atoms. The molecule has 0 radical (unpaired) electrons. The van der Waals surface area contributed by atoms with Gasteiger partial charge in [-0.2, -0.15) is 13.2 Å². The van der Waals surface area contributed by atoms with Crippen molar-refractivity contribution in [1.29, 1.82) is 0 Å². The first-order valence-electron chi connectivity index (χ1n) is 7.46. The summed E-state index contributed by atoms with van der Waals surface area (Å²) in [6.45, 7) is -0.207. The standard InChI is InChI=1S/C17H15ClF3NO3/c18-11-5-6-14(15(9-11)25-8-2-7-17(19,20)21)16(24)22-12-3-1-4-13(23)10-12/h1,3,5-6,9-10H,2,4,7-8H2,(H,22,24). The number of ketones is 1. The van der Waals surface area contributed by atoms with E-state index in [-0.39, 0.29) is 41.6 Å². The first kappa shape index (κ1) is 19.1. The molecule has 1 aromatic carbocycles. The third-order valence-electron chi connectivity index (χ3n) is 3.24. The Hall–Kier alpha value is -2.28. The van der Waals surface area contributed by atoms with Crippen LogP contribution in [-0.4, -0.2) is 24.5 Å². The van der Waals surface area contributed by atoms with E-state index in [9.17, 15) is 22.8 Å². The fourth-order valence-corrected chi connectivity index (χ4v) is 2.28. The van der Waals surface area contributed by atoms with Crippen LogP contribution in [0.2, 0.25) is 5.02 Å². The number of amides is 1. The van der Waals surface area contributed by atoms with Gasteiger partial charge in [-0.3, -0.25) is 9.59 Å². The quantitative estimate of drug-likeness (QED) is 0.760. The SMILES string of the molecule is O=C1C=C(NC(=O)c2ccc(Cl)cc2OCCCC(F)(F)F)C=CC1. The molecule has 1 N–H and O–H groups in total. The van der Waals surface area contributed by atoms with Gasteiger partial charge in [0, 0.05) is 29.6 Å². The van der Waals surface area contributed by atoms with Gasteiger partial charge in [-0.15, -0.1) is 0 Å². The second kappa shape index (κ2) is 8.20. The van der Waals surface area contributed by atoms with Crippen molar-refractivity contribution < 1.29 is 27.5 Å². The van der Waals surface area contributed by atoms with Crippen LogP contribution in [0.25, 0.3) is 0 Å². The number of hydrogen-bond acceptors (Lipinski definition) is 3. The molecule has 0 fully saturated rings. The minimum atomic E-state index is -4.26. The maximum Gasteiger partial charge on any atom is 0.389 e. The van der Waals surface area contributed by atoms with Crippen LogP contribution >= 0.6 is 11.6 Å². The monoisotopic (exact) mass is 373 g/mol. The Morgan fingerprint density at radius 1 is 1.32 bits per heavy atom. The summed E-state index contributed by atoms with van der Waals surface area (Å²) in [5.74, 6) is -0.607. The number of halogens is 4. The lowest BCUT2D eigenvalue weighted by Gasteiger charge is -2.14. The van der Waals surface area contributed by atoms with Gasteiger partial charge in [0.25, 0.3) is 5.91 Å². The predicted octanol–water partition coefficient (Wildman–Crippen LogP) is 4.20. The van der Waals surface area contributed by atoms with Crippen molar-refractivity contribution in [2.75, 3.05) is 6.61 Å². The highest BCUT2D eigenvalue weighted by molar-refractivity contribution is 6.30. The molecule has 0 atom stereocenters. The zero-order chi connectivity index (χ0) is 18.4. The van der Waals surface area contributed by atoms with E-state index in [1.54, 1.807) is 12.2 Å². The molecular weight excluding hydrogens is 359 g/mol. The van der Waals surface area contributed by atoms with Crippen molar-refractivity contribution in [3.8, 4) is 5.75 Å². The number of carbonyl (C=O) groups excluding carboxylic acids is 2. The first-order chi connectivity index (χ1) is 11.7. The van der Waals surface area contributed by atoms with Crippen molar-refractivity contribution in [3.05, 3.63) is 52.7 Å². The van der Waals surface area contributed by atoms with Crippen molar-refractivity contribution in [2.45, 2.75) is 25.4 Å². The minimum absolute atomic E-state index is 0.0823. The van der Waals surface area contributed by atoms with E-state index in [4.69, 9.17) is 16.3 Å². The van der Waals surface area contributed by atoms with E-state index >= 15 is 0 Å². The number of carbonyl (C=O) groups is 2. The fraction of sp³-hybridized carbons (Fsp3) is 0.294. The molecule has 0 aliphatic heterocycles. The molecule has 0 saturated carbocycles. The minimum Gasteiger partial charge on any atom is -0.493 e. The van der Waals surface area contributed by atoms with E-state index in [1.807, 2.05) is 0 Å². The highest BCUT2D eigenvalue weighted by Crippen LogP contribution is 2.25. The molecule has 0 heterocycles. The Morgan fingerprint density at radius 3 is 2.76 bits per heavy atom. The highest BCUT2D eigenvalue weighted by atomic mass is 35.5. The molecule has 4 nitrogen and oxygen atoms in total. The van der Waals surface area contributed by atoms with Crippen molar-refractivity contribution >= 4 is 23.3 Å². The van der Waals surface area contributed by atoms with Crippen LogP contribution in [0.4, 0.5) is 13.2 Å². The van der Waals surface area contributed by atoms with Crippen molar-refractivity contribution in [2.24, 2.45) is 0 Å². The van der Waals surface area contributed by atoms with Gasteiger partial charge < -0.3 is 10.1 Å². The zero-order valence-corrected chi connectivity index (χ0v) is 13.8. The Morgan fingerprint density at radius 2 is 2.08 bits per heavy atom. The molecular formula is C17H15ClF3NO3. The number of nitrogens with one attached hydrogen (secondary N) is 1. The number of rotatable bonds is 6. The van der Waals surface area contributed by atoms with Gasteiger partial charge in [-0.1, -0.05) is 17.7 Å². The van der Waals surface area contributed by atoms with Crippen molar-refractivity contribution in [3.63, 3.8) is 0 Å². The zero-order valence-electron chi connectivity index (χ0n) is 13.0. The molecule has 134 valence electrons. The smallest absolute Gasteiger partial charge is 0.389 e. The molecule has 0 spiro atoms. The Balaban J connectivity index is 2.05. The summed E-state index contributed by atoms with van der Waals surface area (Å²) < 4.78 is 41.8. The molecule has 8 heteroatoms. The van der Waals surface area contributed by atoms with Gasteiger partial charge in [0.15, 0.2) is 5.78 Å². The summed E-state index contributed by atoms with van der Waals surface area (Å²) in [6.07, 6.45) is -0.683. The third kappa shape index (κ3) is 6.26. The summed E-state index contributed by atoms with van der Waals surface area (Å²) in [5.41, 5.74) is 0.447. The van der Waals surface area contributed by atoms with Gasteiger partial charge in [0.1, 0.15) is 5.75 Å². The molecule has 1 aliphatic rings. The van der Waals surface area contributed by atoms with E-state index in [2.05, 4.69) is 5.32 Å². The third-order valence-corrected chi connectivity index (χ3v) is 3.48. The topological polar surface area (TPSA) is 55.4 Å². The van der Waals surface area contributed by atoms with E-state index in [1.165, 1.54) is 24.3 Å². The average Bonchev–Trinajstić information content (AvgIpc) is 2.50. The fourth-order valence-electron chi connectivity index (χ4n) is 2.12. The lowest BCUT2D eigenvalue weighted by Crippen LogP contribution is -2.24. The number of allylic oxidation sites excluding steroid dienone is 3. The maximum absolute atomic E-state index is 12.3. The molecule has 0 bridgehead atoms. The average molecular weight is 374 g/mol. The Bertz CT molecular complexity index is 726. The van der Waals surface area contributed by atoms with Gasteiger partial charge in [-0.25, -0.2) is 0 Å². The van der Waals surface area contributed by atoms with Gasteiger partial charge in [0.05, 0.1) is 12.2 Å². The Kier molecular flexibility index (Phi) is 6.25. The molecule has 1 amide bonds. The lowest BCUT2D eigenvalue weighted by atomic mass is 10.1. The number of hydrogen-bond donors (Lipinski definition) is 1. The number of ether oxygens (including phenoxy) is 1. The molecule has 0 unspecified atom stereocenters. The molecule has 2 rings (SSSR count). The van der Waals surface area contributed by atoms with E-state index < -0.39 is 18.5 Å². The van der Waals surface area contributed by atoms with Gasteiger partial charge in [-0.05, 0) is 30.7 Å². The van der Waals surface area contributed by atoms with Crippen molar-refractivity contribution in [1.82, 2.24) is 5.32 Å². The molecule has 1 aromatic rings. The largest absolute Gasteiger partial charge is 0.493 e. The number of benzene rings is 1. The summed E-state index contributed by atoms with van der Waals surface area (Å²) in [5, 5.41) is 2.84. The second-order valence-electron chi connectivity index (χ2n) is 5.33. The first-order valence-corrected chi connectivity index (χ1v) is 7.84. The van der Waals surface area contributed by atoms with Crippen LogP contribution in [-0.2, 0) is 4.79 Å². The van der Waals surface area contributed by atoms with Crippen LogP contribution in [0.15, 0.2) is 42.1 Å². The van der Waals surface area contributed by atoms with Crippen LogP contribution in [0, 0.1) is 0 Å². The predicted molar refractivity (Wildman–Crippen MR) is 86.5 cm³/mol. The molecule has 1 aliphatic carbocycles. The molecule has 0 saturated heterocycles. The maximum atomic E-state index is 12.3. The van der Waals surface area contributed by atoms with E-state index in [0.29, 0.717) is 5.70 Å². The molecule has 0 aromatic heterocycles. The van der Waals surface area contributed by atoms with Crippen LogP contribution in [0.5, 0.6) is 5.75 Å².